The lowest BCUT2D eigenvalue weighted by molar-refractivity contribution is -0.123. The van der Waals surface area contributed by atoms with Gasteiger partial charge in [-0.3, -0.25) is 9.69 Å². The molecule has 17 heavy (non-hydrogen) atoms. The van der Waals surface area contributed by atoms with Crippen LogP contribution in [0.1, 0.15) is 19.8 Å². The Kier molecular flexibility index (Phi) is 7.16. The summed E-state index contributed by atoms with van der Waals surface area (Å²) in [7, 11) is 1.66. The molecule has 0 aromatic carbocycles. The highest BCUT2D eigenvalue weighted by Gasteiger charge is 2.15. The van der Waals surface area contributed by atoms with E-state index < -0.39 is 0 Å². The number of methoxy groups -OCH3 is 1. The van der Waals surface area contributed by atoms with Crippen LogP contribution in [0.4, 0.5) is 0 Å². The molecule has 0 aromatic rings. The van der Waals surface area contributed by atoms with E-state index in [1.54, 1.807) is 7.11 Å². The van der Waals surface area contributed by atoms with Crippen molar-refractivity contribution < 1.29 is 9.53 Å². The minimum atomic E-state index is 0.107. The van der Waals surface area contributed by atoms with Crippen molar-refractivity contribution >= 4 is 5.91 Å². The summed E-state index contributed by atoms with van der Waals surface area (Å²) >= 11 is 0. The summed E-state index contributed by atoms with van der Waals surface area (Å²) < 4.78 is 5.07. The van der Waals surface area contributed by atoms with Gasteiger partial charge in [-0.15, -0.1) is 0 Å². The van der Waals surface area contributed by atoms with Crippen LogP contribution in [0.15, 0.2) is 0 Å². The van der Waals surface area contributed by atoms with Crippen molar-refractivity contribution in [3.63, 3.8) is 0 Å². The molecular formula is C12H25N3O2. The van der Waals surface area contributed by atoms with Crippen molar-refractivity contribution in [2.75, 3.05) is 46.4 Å². The molecule has 1 fully saturated rings. The number of amides is 1. The van der Waals surface area contributed by atoms with Crippen LogP contribution >= 0.6 is 0 Å². The van der Waals surface area contributed by atoms with E-state index in [0.29, 0.717) is 13.2 Å². The third-order valence-corrected chi connectivity index (χ3v) is 3.03. The van der Waals surface area contributed by atoms with E-state index >= 15 is 0 Å². The van der Waals surface area contributed by atoms with E-state index in [4.69, 9.17) is 4.74 Å². The summed E-state index contributed by atoms with van der Waals surface area (Å²) in [5, 5.41) is 6.34. The van der Waals surface area contributed by atoms with Gasteiger partial charge in [-0.2, -0.15) is 0 Å². The smallest absolute Gasteiger partial charge is 0.234 e. The molecule has 1 amide bonds. The van der Waals surface area contributed by atoms with Crippen molar-refractivity contribution in [3.8, 4) is 0 Å². The molecule has 1 rings (SSSR count). The van der Waals surface area contributed by atoms with Gasteiger partial charge < -0.3 is 15.4 Å². The third kappa shape index (κ3) is 6.00. The SMILES string of the molecule is CCC(COC)NC(=O)CN1CCCNCC1. The molecule has 0 saturated carbocycles. The first-order valence-corrected chi connectivity index (χ1v) is 6.47. The summed E-state index contributed by atoms with van der Waals surface area (Å²) in [6.45, 7) is 7.13. The quantitative estimate of drug-likeness (QED) is 0.680. The third-order valence-electron chi connectivity index (χ3n) is 3.03. The number of nitrogens with zero attached hydrogens (tertiary/aromatic N) is 1. The molecule has 1 atom stereocenters. The summed E-state index contributed by atoms with van der Waals surface area (Å²) in [5.74, 6) is 0.107. The highest BCUT2D eigenvalue weighted by molar-refractivity contribution is 5.78. The lowest BCUT2D eigenvalue weighted by Gasteiger charge is -2.21. The Hall–Kier alpha value is -0.650. The second-order valence-electron chi connectivity index (χ2n) is 4.51. The van der Waals surface area contributed by atoms with Gasteiger partial charge in [-0.1, -0.05) is 6.92 Å². The molecular weight excluding hydrogens is 218 g/mol. The maximum Gasteiger partial charge on any atom is 0.234 e. The number of nitrogens with one attached hydrogen (secondary N) is 2. The Morgan fingerprint density at radius 3 is 3.00 bits per heavy atom. The van der Waals surface area contributed by atoms with Gasteiger partial charge in [0.05, 0.1) is 19.2 Å². The van der Waals surface area contributed by atoms with E-state index in [1.165, 1.54) is 0 Å². The number of hydrogen-bond acceptors (Lipinski definition) is 4. The van der Waals surface area contributed by atoms with Crippen molar-refractivity contribution in [3.05, 3.63) is 0 Å². The average molecular weight is 243 g/mol. The highest BCUT2D eigenvalue weighted by atomic mass is 16.5. The maximum atomic E-state index is 11.8. The first-order chi connectivity index (χ1) is 8.26. The van der Waals surface area contributed by atoms with E-state index in [9.17, 15) is 4.79 Å². The monoisotopic (exact) mass is 243 g/mol. The van der Waals surface area contributed by atoms with Gasteiger partial charge in [0.15, 0.2) is 0 Å². The number of carbonyl (C=O) groups excluding carboxylic acids is 1. The molecule has 0 spiro atoms. The standard InChI is InChI=1S/C12H25N3O2/c1-3-11(10-17-2)14-12(16)9-15-7-4-5-13-6-8-15/h11,13H,3-10H2,1-2H3,(H,14,16). The van der Waals surface area contributed by atoms with Crippen LogP contribution in [0.2, 0.25) is 0 Å². The summed E-state index contributed by atoms with van der Waals surface area (Å²) in [6, 6.07) is 0.137. The molecule has 1 aliphatic rings. The molecule has 1 saturated heterocycles. The van der Waals surface area contributed by atoms with Gasteiger partial charge >= 0.3 is 0 Å². The summed E-state index contributed by atoms with van der Waals surface area (Å²) in [6.07, 6.45) is 2.02. The minimum Gasteiger partial charge on any atom is -0.383 e. The Morgan fingerprint density at radius 2 is 2.29 bits per heavy atom. The first-order valence-electron chi connectivity index (χ1n) is 6.47. The number of carbonyl (C=O) groups is 1. The molecule has 5 nitrogen and oxygen atoms in total. The van der Waals surface area contributed by atoms with Crippen molar-refractivity contribution in [2.24, 2.45) is 0 Å². The van der Waals surface area contributed by atoms with Crippen LogP contribution in [0.25, 0.3) is 0 Å². The summed E-state index contributed by atoms with van der Waals surface area (Å²) in [5.41, 5.74) is 0. The van der Waals surface area contributed by atoms with Crippen LogP contribution in [0.3, 0.4) is 0 Å². The second kappa shape index (κ2) is 8.44. The Morgan fingerprint density at radius 1 is 1.47 bits per heavy atom. The number of hydrogen-bond donors (Lipinski definition) is 2. The lowest BCUT2D eigenvalue weighted by atomic mass is 10.2. The van der Waals surface area contributed by atoms with E-state index in [2.05, 4.69) is 22.5 Å². The fraction of sp³-hybridized carbons (Fsp3) is 0.917. The van der Waals surface area contributed by atoms with Crippen LogP contribution in [0.5, 0.6) is 0 Å². The molecule has 0 radical (unpaired) electrons. The molecule has 1 aliphatic heterocycles. The van der Waals surface area contributed by atoms with Gasteiger partial charge in [0.1, 0.15) is 0 Å². The van der Waals surface area contributed by atoms with Crippen LogP contribution in [0, 0.1) is 0 Å². The molecule has 0 aromatic heterocycles. The van der Waals surface area contributed by atoms with E-state index in [0.717, 1.165) is 39.0 Å². The minimum absolute atomic E-state index is 0.107. The van der Waals surface area contributed by atoms with Crippen LogP contribution in [-0.2, 0) is 9.53 Å². The second-order valence-corrected chi connectivity index (χ2v) is 4.51. The maximum absolute atomic E-state index is 11.8. The predicted octanol–water partition coefficient (Wildman–Crippen LogP) is -0.177. The van der Waals surface area contributed by atoms with E-state index in [-0.39, 0.29) is 11.9 Å². The van der Waals surface area contributed by atoms with Crippen LogP contribution in [-0.4, -0.2) is 63.3 Å². The van der Waals surface area contributed by atoms with Crippen molar-refractivity contribution in [1.29, 1.82) is 0 Å². The Labute approximate surface area is 104 Å². The zero-order valence-electron chi connectivity index (χ0n) is 11.0. The normalized spacial score (nSPS) is 19.6. The van der Waals surface area contributed by atoms with Gasteiger partial charge in [-0.25, -0.2) is 0 Å². The van der Waals surface area contributed by atoms with Crippen LogP contribution < -0.4 is 10.6 Å². The zero-order valence-corrected chi connectivity index (χ0v) is 11.0. The number of rotatable bonds is 6. The largest absolute Gasteiger partial charge is 0.383 e. The topological polar surface area (TPSA) is 53.6 Å². The van der Waals surface area contributed by atoms with Crippen molar-refractivity contribution in [2.45, 2.75) is 25.8 Å². The Balaban J connectivity index is 2.26. The molecule has 2 N–H and O–H groups in total. The molecule has 0 bridgehead atoms. The van der Waals surface area contributed by atoms with Gasteiger partial charge in [0.25, 0.3) is 0 Å². The predicted molar refractivity (Wildman–Crippen MR) is 68.0 cm³/mol. The molecule has 5 heteroatoms. The fourth-order valence-electron chi connectivity index (χ4n) is 2.00. The van der Waals surface area contributed by atoms with Crippen molar-refractivity contribution in [1.82, 2.24) is 15.5 Å². The fourth-order valence-corrected chi connectivity index (χ4v) is 2.00. The molecule has 0 aliphatic carbocycles. The highest BCUT2D eigenvalue weighted by Crippen LogP contribution is 1.96. The molecule has 1 heterocycles. The van der Waals surface area contributed by atoms with Gasteiger partial charge in [0.2, 0.25) is 5.91 Å². The average Bonchev–Trinajstić information content (AvgIpc) is 2.57. The zero-order chi connectivity index (χ0) is 12.5. The first kappa shape index (κ1) is 14.4. The molecule has 100 valence electrons. The lowest BCUT2D eigenvalue weighted by Crippen LogP contribution is -2.44. The summed E-state index contributed by atoms with van der Waals surface area (Å²) in [4.78, 5) is 14.0. The molecule has 1 unspecified atom stereocenters. The van der Waals surface area contributed by atoms with Gasteiger partial charge in [0, 0.05) is 20.2 Å². The van der Waals surface area contributed by atoms with E-state index in [1.807, 2.05) is 0 Å². The Bertz CT molecular complexity index is 216. The van der Waals surface area contributed by atoms with Gasteiger partial charge in [-0.05, 0) is 25.9 Å². The number of ether oxygens (including phenoxy) is 1.